The molecule has 196 valence electrons. The van der Waals surface area contributed by atoms with Crippen molar-refractivity contribution in [2.75, 3.05) is 11.1 Å². The molecule has 0 atom stereocenters. The third-order valence-electron chi connectivity index (χ3n) is 5.06. The molecule has 0 bridgehead atoms. The fourth-order valence-electron chi connectivity index (χ4n) is 3.35. The van der Waals surface area contributed by atoms with Gasteiger partial charge in [0.05, 0.1) is 22.3 Å². The van der Waals surface area contributed by atoms with Gasteiger partial charge in [0.25, 0.3) is 5.91 Å². The Labute approximate surface area is 223 Å². The average Bonchev–Trinajstić information content (AvgIpc) is 3.37. The number of primary amides is 1. The van der Waals surface area contributed by atoms with Crippen LogP contribution in [0.5, 0.6) is 5.75 Å². The van der Waals surface area contributed by atoms with E-state index in [4.69, 9.17) is 15.2 Å². The van der Waals surface area contributed by atoms with Crippen LogP contribution in [0, 0.1) is 13.8 Å². The molecule has 2 aromatic heterocycles. The maximum atomic E-state index is 12.8. The Morgan fingerprint density at radius 3 is 2.62 bits per heavy atom. The van der Waals surface area contributed by atoms with Crippen molar-refractivity contribution in [2.24, 2.45) is 5.73 Å². The summed E-state index contributed by atoms with van der Waals surface area (Å²) in [5.74, 6) is -0.401. The van der Waals surface area contributed by atoms with Gasteiger partial charge in [0.2, 0.25) is 5.91 Å². The summed E-state index contributed by atoms with van der Waals surface area (Å²) in [4.78, 5) is 37.4. The number of anilines is 1. The number of allylic oxidation sites excluding steroid dienone is 1. The molecule has 10 nitrogen and oxygen atoms in total. The molecule has 0 unspecified atom stereocenters. The first-order valence-corrected chi connectivity index (χ1v) is 13.2. The number of ether oxygens (including phenoxy) is 2. The molecule has 0 saturated carbocycles. The number of benzene rings is 1. The zero-order valence-corrected chi connectivity index (χ0v) is 22.7. The smallest absolute Gasteiger partial charge is 0.341 e. The first kappa shape index (κ1) is 27.9. The van der Waals surface area contributed by atoms with Gasteiger partial charge in [-0.15, -0.1) is 28.1 Å². The van der Waals surface area contributed by atoms with Crippen LogP contribution in [0.15, 0.2) is 42.1 Å². The number of hydrogen-bond donors (Lipinski definition) is 2. The predicted molar refractivity (Wildman–Crippen MR) is 143 cm³/mol. The van der Waals surface area contributed by atoms with E-state index < -0.39 is 17.8 Å². The number of thiophene rings is 1. The van der Waals surface area contributed by atoms with Crippen LogP contribution in [0.25, 0.3) is 0 Å². The van der Waals surface area contributed by atoms with Gasteiger partial charge >= 0.3 is 5.97 Å². The van der Waals surface area contributed by atoms with Gasteiger partial charge in [0, 0.05) is 6.54 Å². The van der Waals surface area contributed by atoms with E-state index in [0.29, 0.717) is 23.1 Å². The Morgan fingerprint density at radius 1 is 1.24 bits per heavy atom. The number of carbonyl (C=O) groups excluding carboxylic acids is 3. The summed E-state index contributed by atoms with van der Waals surface area (Å²) in [5.41, 5.74) is 6.94. The van der Waals surface area contributed by atoms with E-state index >= 15 is 0 Å². The standard InChI is InChI=1S/C25H29N5O5S2/c1-6-11-30-18(12-34-17-10-8-7-9-15(17)4)28-29-25(30)36-13-19(31)27-23-20(24(33)35-14(2)3)16(5)21(37-23)22(26)32/h6-10,14H,1,11-13H2,2-5H3,(H2,26,32)(H,27,31). The third-order valence-corrected chi connectivity index (χ3v) is 7.25. The Morgan fingerprint density at radius 2 is 1.97 bits per heavy atom. The fourth-order valence-corrected chi connectivity index (χ4v) is 5.18. The van der Waals surface area contributed by atoms with Crippen molar-refractivity contribution < 1.29 is 23.9 Å². The second kappa shape index (κ2) is 12.5. The van der Waals surface area contributed by atoms with Crippen molar-refractivity contribution in [2.45, 2.75) is 52.1 Å². The molecule has 0 spiro atoms. The molecule has 0 aliphatic rings. The minimum Gasteiger partial charge on any atom is -0.485 e. The molecular formula is C25H29N5O5S2. The van der Waals surface area contributed by atoms with Crippen LogP contribution in [0.1, 0.15) is 50.8 Å². The van der Waals surface area contributed by atoms with Crippen LogP contribution in [-0.4, -0.2) is 44.4 Å². The first-order valence-electron chi connectivity index (χ1n) is 11.4. The van der Waals surface area contributed by atoms with Crippen LogP contribution < -0.4 is 15.8 Å². The zero-order valence-electron chi connectivity index (χ0n) is 21.1. The molecule has 3 N–H and O–H groups in total. The number of amides is 2. The number of carbonyl (C=O) groups is 3. The zero-order chi connectivity index (χ0) is 27.1. The highest BCUT2D eigenvalue weighted by Gasteiger charge is 2.26. The second-order valence-electron chi connectivity index (χ2n) is 8.27. The van der Waals surface area contributed by atoms with E-state index in [1.807, 2.05) is 35.8 Å². The van der Waals surface area contributed by atoms with Gasteiger partial charge in [0.1, 0.15) is 17.4 Å². The molecule has 2 heterocycles. The van der Waals surface area contributed by atoms with Gasteiger partial charge in [-0.1, -0.05) is 36.0 Å². The molecule has 2 amide bonds. The SMILES string of the molecule is C=CCn1c(COc2ccccc2C)nnc1SCC(=O)Nc1sc(C(N)=O)c(C)c1C(=O)OC(C)C. The van der Waals surface area contributed by atoms with E-state index in [1.54, 1.807) is 26.8 Å². The molecule has 12 heteroatoms. The Bertz CT molecular complexity index is 1310. The summed E-state index contributed by atoms with van der Waals surface area (Å²) in [6.45, 7) is 11.4. The second-order valence-corrected chi connectivity index (χ2v) is 10.2. The molecule has 0 aliphatic heterocycles. The van der Waals surface area contributed by atoms with E-state index in [9.17, 15) is 14.4 Å². The van der Waals surface area contributed by atoms with Crippen molar-refractivity contribution in [1.29, 1.82) is 0 Å². The number of para-hydroxylation sites is 1. The minimum atomic E-state index is -0.686. The lowest BCUT2D eigenvalue weighted by atomic mass is 10.1. The van der Waals surface area contributed by atoms with Gasteiger partial charge in [-0.25, -0.2) is 4.79 Å². The Balaban J connectivity index is 1.72. The van der Waals surface area contributed by atoms with E-state index in [2.05, 4.69) is 22.1 Å². The van der Waals surface area contributed by atoms with Crippen LogP contribution in [0.4, 0.5) is 5.00 Å². The van der Waals surface area contributed by atoms with E-state index in [-0.39, 0.29) is 33.9 Å². The van der Waals surface area contributed by atoms with Gasteiger partial charge in [-0.05, 0) is 44.9 Å². The highest BCUT2D eigenvalue weighted by Crippen LogP contribution is 2.34. The number of thioether (sulfide) groups is 1. The maximum absolute atomic E-state index is 12.8. The minimum absolute atomic E-state index is 0.0184. The van der Waals surface area contributed by atoms with Crippen molar-refractivity contribution in [3.8, 4) is 5.75 Å². The fraction of sp³-hybridized carbons (Fsp3) is 0.320. The molecule has 3 aromatic rings. The predicted octanol–water partition coefficient (Wildman–Crippen LogP) is 4.12. The molecule has 0 saturated heterocycles. The van der Waals surface area contributed by atoms with Crippen LogP contribution in [-0.2, 0) is 22.7 Å². The topological polar surface area (TPSA) is 138 Å². The number of hydrogen-bond acceptors (Lipinski definition) is 9. The number of aromatic nitrogens is 3. The third kappa shape index (κ3) is 6.98. The van der Waals surface area contributed by atoms with Crippen molar-refractivity contribution in [3.63, 3.8) is 0 Å². The average molecular weight is 544 g/mol. The Hall–Kier alpha value is -3.64. The van der Waals surface area contributed by atoms with Gasteiger partial charge in [-0.2, -0.15) is 0 Å². The largest absolute Gasteiger partial charge is 0.485 e. The summed E-state index contributed by atoms with van der Waals surface area (Å²) in [5, 5.41) is 11.9. The van der Waals surface area contributed by atoms with Gasteiger partial charge in [0.15, 0.2) is 11.0 Å². The number of nitrogens with zero attached hydrogens (tertiary/aromatic N) is 3. The number of rotatable bonds is 12. The first-order chi connectivity index (χ1) is 17.6. The molecular weight excluding hydrogens is 514 g/mol. The molecule has 37 heavy (non-hydrogen) atoms. The van der Waals surface area contributed by atoms with Crippen molar-refractivity contribution >= 4 is 45.9 Å². The summed E-state index contributed by atoms with van der Waals surface area (Å²) < 4.78 is 13.0. The lowest BCUT2D eigenvalue weighted by Gasteiger charge is -2.11. The number of esters is 1. The lowest BCUT2D eigenvalue weighted by molar-refractivity contribution is -0.113. The van der Waals surface area contributed by atoms with E-state index in [0.717, 1.165) is 22.6 Å². The molecule has 0 radical (unpaired) electrons. The van der Waals surface area contributed by atoms with E-state index in [1.165, 1.54) is 11.8 Å². The summed E-state index contributed by atoms with van der Waals surface area (Å²) in [6, 6.07) is 7.67. The lowest BCUT2D eigenvalue weighted by Crippen LogP contribution is -2.18. The summed E-state index contributed by atoms with van der Waals surface area (Å²) >= 11 is 2.11. The molecule has 3 rings (SSSR count). The maximum Gasteiger partial charge on any atom is 0.341 e. The van der Waals surface area contributed by atoms with Crippen LogP contribution in [0.2, 0.25) is 0 Å². The summed E-state index contributed by atoms with van der Waals surface area (Å²) in [7, 11) is 0. The highest BCUT2D eigenvalue weighted by atomic mass is 32.2. The highest BCUT2D eigenvalue weighted by molar-refractivity contribution is 7.99. The van der Waals surface area contributed by atoms with Gasteiger partial charge in [-0.3, -0.25) is 14.2 Å². The van der Waals surface area contributed by atoms with Crippen molar-refractivity contribution in [1.82, 2.24) is 14.8 Å². The van der Waals surface area contributed by atoms with Crippen molar-refractivity contribution in [3.05, 3.63) is 64.3 Å². The molecule has 0 aliphatic carbocycles. The quantitative estimate of drug-likeness (QED) is 0.198. The van der Waals surface area contributed by atoms with Crippen LogP contribution in [0.3, 0.4) is 0 Å². The number of nitrogens with one attached hydrogen (secondary N) is 1. The molecule has 0 fully saturated rings. The normalized spacial score (nSPS) is 10.8. The van der Waals surface area contributed by atoms with Gasteiger partial charge < -0.3 is 20.5 Å². The number of nitrogens with two attached hydrogens (primary N) is 1. The Kier molecular flexibility index (Phi) is 9.48. The monoisotopic (exact) mass is 543 g/mol. The summed E-state index contributed by atoms with van der Waals surface area (Å²) in [6.07, 6.45) is 1.33. The number of aryl methyl sites for hydroxylation is 1. The van der Waals surface area contributed by atoms with Crippen LogP contribution >= 0.6 is 23.1 Å². The molecule has 1 aromatic carbocycles.